The maximum atomic E-state index is 12.1. The summed E-state index contributed by atoms with van der Waals surface area (Å²) in [6.07, 6.45) is 3.30. The van der Waals surface area contributed by atoms with E-state index in [1.54, 1.807) is 48.8 Å². The molecule has 8 heteroatoms. The van der Waals surface area contributed by atoms with Gasteiger partial charge < -0.3 is 15.2 Å². The summed E-state index contributed by atoms with van der Waals surface area (Å²) < 4.78 is 5.18. The monoisotopic (exact) mass is 370 g/mol. The van der Waals surface area contributed by atoms with Gasteiger partial charge in [0.05, 0.1) is 0 Å². The minimum Gasteiger partial charge on any atom is -0.355 e. The Bertz CT molecular complexity index is 912. The number of anilines is 1. The van der Waals surface area contributed by atoms with Crippen molar-refractivity contribution in [3.05, 3.63) is 65.6 Å². The van der Waals surface area contributed by atoms with Crippen LogP contribution < -0.4 is 10.6 Å². The van der Waals surface area contributed by atoms with Crippen molar-refractivity contribution in [3.8, 4) is 11.3 Å². The van der Waals surface area contributed by atoms with Gasteiger partial charge in [0.1, 0.15) is 0 Å². The molecule has 2 N–H and O–H groups in total. The normalized spacial score (nSPS) is 10.3. The van der Waals surface area contributed by atoms with Gasteiger partial charge in [-0.05, 0) is 24.3 Å². The first-order chi connectivity index (χ1) is 12.6. The number of pyridine rings is 1. The Balaban J connectivity index is 1.50. The predicted molar refractivity (Wildman–Crippen MR) is 96.8 cm³/mol. The van der Waals surface area contributed by atoms with Crippen molar-refractivity contribution >= 4 is 29.1 Å². The lowest BCUT2D eigenvalue weighted by atomic mass is 10.1. The van der Waals surface area contributed by atoms with E-state index in [1.165, 1.54) is 6.07 Å². The highest BCUT2D eigenvalue weighted by molar-refractivity contribution is 6.30. The third kappa shape index (κ3) is 4.67. The molecule has 2 aromatic heterocycles. The van der Waals surface area contributed by atoms with E-state index in [0.29, 0.717) is 16.5 Å². The molecule has 0 saturated carbocycles. The number of halogens is 1. The summed E-state index contributed by atoms with van der Waals surface area (Å²) >= 11 is 5.94. The number of aromatic nitrogens is 2. The Morgan fingerprint density at radius 1 is 1.12 bits per heavy atom. The number of hydrogen-bond donors (Lipinski definition) is 2. The van der Waals surface area contributed by atoms with Gasteiger partial charge in [0.2, 0.25) is 5.91 Å². The highest BCUT2D eigenvalue weighted by atomic mass is 35.5. The van der Waals surface area contributed by atoms with E-state index in [9.17, 15) is 9.59 Å². The first kappa shape index (κ1) is 17.6. The molecule has 3 aromatic rings. The molecule has 2 amide bonds. The first-order valence-electron chi connectivity index (χ1n) is 7.82. The highest BCUT2D eigenvalue weighted by Crippen LogP contribution is 2.23. The molecule has 26 heavy (non-hydrogen) atoms. The van der Waals surface area contributed by atoms with Gasteiger partial charge in [-0.25, -0.2) is 0 Å². The summed E-state index contributed by atoms with van der Waals surface area (Å²) in [6.45, 7) is 0.176. The summed E-state index contributed by atoms with van der Waals surface area (Å²) in [5, 5.41) is 9.65. The lowest BCUT2D eigenvalue weighted by Gasteiger charge is -2.05. The average molecular weight is 371 g/mol. The fourth-order valence-corrected chi connectivity index (χ4v) is 2.39. The molecule has 0 aliphatic heterocycles. The Labute approximate surface area is 154 Å². The molecule has 132 valence electrons. The van der Waals surface area contributed by atoms with Crippen LogP contribution >= 0.6 is 11.6 Å². The summed E-state index contributed by atoms with van der Waals surface area (Å²) in [5.74, 6) is -0.192. The SMILES string of the molecule is O=C(CCNC(=O)c1cc(-c2cccc(Cl)c2)on1)Nc1ccncc1. The third-order valence-corrected chi connectivity index (χ3v) is 3.69. The van der Waals surface area contributed by atoms with Crippen molar-refractivity contribution in [1.82, 2.24) is 15.5 Å². The molecule has 1 aromatic carbocycles. The zero-order chi connectivity index (χ0) is 18.4. The Hall–Kier alpha value is -3.19. The van der Waals surface area contributed by atoms with Gasteiger partial charge in [-0.15, -0.1) is 0 Å². The number of nitrogens with zero attached hydrogens (tertiary/aromatic N) is 2. The maximum absolute atomic E-state index is 12.1. The van der Waals surface area contributed by atoms with Crippen molar-refractivity contribution in [2.75, 3.05) is 11.9 Å². The van der Waals surface area contributed by atoms with Gasteiger partial charge in [-0.3, -0.25) is 14.6 Å². The van der Waals surface area contributed by atoms with E-state index in [1.807, 2.05) is 0 Å². The van der Waals surface area contributed by atoms with Gasteiger partial charge in [0.25, 0.3) is 5.91 Å². The number of amides is 2. The maximum Gasteiger partial charge on any atom is 0.273 e. The number of rotatable bonds is 6. The number of hydrogen-bond acceptors (Lipinski definition) is 5. The van der Waals surface area contributed by atoms with Crippen LogP contribution in [-0.2, 0) is 4.79 Å². The summed E-state index contributed by atoms with van der Waals surface area (Å²) in [4.78, 5) is 27.8. The fourth-order valence-electron chi connectivity index (χ4n) is 2.20. The zero-order valence-corrected chi connectivity index (χ0v) is 14.4. The minimum absolute atomic E-state index is 0.132. The first-order valence-corrected chi connectivity index (χ1v) is 8.20. The van der Waals surface area contributed by atoms with Gasteiger partial charge in [-0.1, -0.05) is 28.9 Å². The summed E-state index contributed by atoms with van der Waals surface area (Å²) in [7, 11) is 0. The molecule has 3 rings (SSSR count). The van der Waals surface area contributed by atoms with Crippen molar-refractivity contribution < 1.29 is 14.1 Å². The van der Waals surface area contributed by atoms with E-state index in [0.717, 1.165) is 5.56 Å². The molecule has 0 fully saturated rings. The summed E-state index contributed by atoms with van der Waals surface area (Å²) in [5.41, 5.74) is 1.51. The Morgan fingerprint density at radius 2 is 1.92 bits per heavy atom. The van der Waals surface area contributed by atoms with Crippen LogP contribution in [-0.4, -0.2) is 28.5 Å². The van der Waals surface area contributed by atoms with Crippen LogP contribution in [0.4, 0.5) is 5.69 Å². The van der Waals surface area contributed by atoms with Gasteiger partial charge in [-0.2, -0.15) is 0 Å². The molecule has 0 atom stereocenters. The molecule has 0 bridgehead atoms. The smallest absolute Gasteiger partial charge is 0.273 e. The zero-order valence-electron chi connectivity index (χ0n) is 13.6. The van der Waals surface area contributed by atoms with E-state index < -0.39 is 5.91 Å². The third-order valence-electron chi connectivity index (χ3n) is 3.45. The van der Waals surface area contributed by atoms with Crippen LogP contribution in [0.3, 0.4) is 0 Å². The second kappa shape index (κ2) is 8.26. The second-order valence-electron chi connectivity index (χ2n) is 5.38. The highest BCUT2D eigenvalue weighted by Gasteiger charge is 2.14. The van der Waals surface area contributed by atoms with Gasteiger partial charge >= 0.3 is 0 Å². The van der Waals surface area contributed by atoms with Crippen LogP contribution in [0.1, 0.15) is 16.9 Å². The minimum atomic E-state index is -0.418. The number of carbonyl (C=O) groups excluding carboxylic acids is 2. The topological polar surface area (TPSA) is 97.1 Å². The molecule has 0 radical (unpaired) electrons. The van der Waals surface area contributed by atoms with Crippen LogP contribution in [0, 0.1) is 0 Å². The van der Waals surface area contributed by atoms with Gasteiger partial charge in [0.15, 0.2) is 11.5 Å². The van der Waals surface area contributed by atoms with Crippen LogP contribution in [0.25, 0.3) is 11.3 Å². The number of benzene rings is 1. The van der Waals surface area contributed by atoms with Crippen LogP contribution in [0.5, 0.6) is 0 Å². The van der Waals surface area contributed by atoms with E-state index in [4.69, 9.17) is 16.1 Å². The van der Waals surface area contributed by atoms with E-state index in [2.05, 4.69) is 20.8 Å². The number of carbonyl (C=O) groups is 2. The fraction of sp³-hybridized carbons (Fsp3) is 0.111. The molecular weight excluding hydrogens is 356 g/mol. The largest absolute Gasteiger partial charge is 0.355 e. The Morgan fingerprint density at radius 3 is 2.69 bits per heavy atom. The lowest BCUT2D eigenvalue weighted by molar-refractivity contribution is -0.116. The van der Waals surface area contributed by atoms with Crippen molar-refractivity contribution in [1.29, 1.82) is 0 Å². The molecule has 0 saturated heterocycles. The lowest BCUT2D eigenvalue weighted by Crippen LogP contribution is -2.27. The molecule has 0 aliphatic rings. The van der Waals surface area contributed by atoms with Crippen molar-refractivity contribution in [3.63, 3.8) is 0 Å². The molecule has 0 spiro atoms. The van der Waals surface area contributed by atoms with Crippen molar-refractivity contribution in [2.24, 2.45) is 0 Å². The van der Waals surface area contributed by atoms with Crippen molar-refractivity contribution in [2.45, 2.75) is 6.42 Å². The van der Waals surface area contributed by atoms with E-state index >= 15 is 0 Å². The standard InChI is InChI=1S/C18H15ClN4O3/c19-13-3-1-2-12(10-13)16-11-15(23-26-16)18(25)21-9-6-17(24)22-14-4-7-20-8-5-14/h1-5,7-8,10-11H,6,9H2,(H,21,25)(H,20,22,24). The predicted octanol–water partition coefficient (Wildman–Crippen LogP) is 3.15. The number of nitrogens with one attached hydrogen (secondary N) is 2. The molecule has 0 unspecified atom stereocenters. The van der Waals surface area contributed by atoms with Crippen LogP contribution in [0.2, 0.25) is 5.02 Å². The molecule has 7 nitrogen and oxygen atoms in total. The molecular formula is C18H15ClN4O3. The Kier molecular flexibility index (Phi) is 5.60. The second-order valence-corrected chi connectivity index (χ2v) is 5.81. The molecule has 2 heterocycles. The average Bonchev–Trinajstić information content (AvgIpc) is 3.13. The summed E-state index contributed by atoms with van der Waals surface area (Å²) in [6, 6.07) is 11.9. The quantitative estimate of drug-likeness (QED) is 0.694. The van der Waals surface area contributed by atoms with E-state index in [-0.39, 0.29) is 24.6 Å². The van der Waals surface area contributed by atoms with Gasteiger partial charge in [0, 0.05) is 47.7 Å². The van der Waals surface area contributed by atoms with Crippen LogP contribution in [0.15, 0.2) is 59.4 Å². The molecule has 0 aliphatic carbocycles.